The topological polar surface area (TPSA) is 93.0 Å². The van der Waals surface area contributed by atoms with Crippen LogP contribution in [0.2, 0.25) is 0 Å². The van der Waals surface area contributed by atoms with E-state index in [1.807, 2.05) is 0 Å². The summed E-state index contributed by atoms with van der Waals surface area (Å²) in [5.41, 5.74) is 0.433. The molecular formula is C9H8ClNO5S. The van der Waals surface area contributed by atoms with Crippen molar-refractivity contribution in [3.63, 3.8) is 0 Å². The fourth-order valence-electron chi connectivity index (χ4n) is 0.903. The quantitative estimate of drug-likeness (QED) is 0.660. The lowest BCUT2D eigenvalue weighted by atomic mass is 10.1. The second kappa shape index (κ2) is 5.15. The fraction of sp³-hybridized carbons (Fsp3) is 0.111. The molecule has 1 aromatic rings. The van der Waals surface area contributed by atoms with Crippen LogP contribution >= 0.6 is 11.6 Å². The monoisotopic (exact) mass is 277 g/mol. The van der Waals surface area contributed by atoms with Crippen LogP contribution in [0.15, 0.2) is 29.4 Å². The highest BCUT2D eigenvalue weighted by molar-refractivity contribution is 7.85. The van der Waals surface area contributed by atoms with Crippen LogP contribution in [0.25, 0.3) is 0 Å². The Labute approximate surface area is 103 Å². The summed E-state index contributed by atoms with van der Waals surface area (Å²) in [6, 6.07) is 5.41. The Balaban J connectivity index is 2.90. The van der Waals surface area contributed by atoms with Gasteiger partial charge in [-0.1, -0.05) is 28.9 Å². The van der Waals surface area contributed by atoms with Crippen molar-refractivity contribution in [1.29, 1.82) is 0 Å². The second-order valence-electron chi connectivity index (χ2n) is 3.04. The van der Waals surface area contributed by atoms with Gasteiger partial charge in [0, 0.05) is 5.56 Å². The molecular weight excluding hydrogens is 270 g/mol. The third kappa shape index (κ3) is 4.41. The number of rotatable bonds is 4. The Kier molecular flexibility index (Phi) is 4.08. The average Bonchev–Trinajstić information content (AvgIpc) is 2.25. The van der Waals surface area contributed by atoms with E-state index in [1.165, 1.54) is 24.3 Å². The predicted octanol–water partition coefficient (Wildman–Crippen LogP) is 1.26. The molecule has 0 amide bonds. The van der Waals surface area contributed by atoms with Crippen molar-refractivity contribution in [2.24, 2.45) is 5.16 Å². The molecule has 0 saturated heterocycles. The van der Waals surface area contributed by atoms with Crippen LogP contribution in [-0.4, -0.2) is 30.9 Å². The minimum Gasteiger partial charge on any atom is -0.478 e. The Morgan fingerprint density at radius 1 is 1.29 bits per heavy atom. The van der Waals surface area contributed by atoms with Gasteiger partial charge in [0.25, 0.3) is 0 Å². The van der Waals surface area contributed by atoms with Gasteiger partial charge < -0.3 is 5.11 Å². The molecule has 0 radical (unpaired) electrons. The molecule has 1 aromatic carbocycles. The standard InChI is InChI=1S/C9H8ClNO5S/c1-17(14,15)16-11-8(10)6-2-4-7(5-3-6)9(12)13/h2-5H,1H3,(H,12,13). The van der Waals surface area contributed by atoms with Crippen molar-refractivity contribution in [1.82, 2.24) is 0 Å². The number of oxime groups is 1. The summed E-state index contributed by atoms with van der Waals surface area (Å²) in [4.78, 5) is 10.6. The first-order chi connectivity index (χ1) is 7.79. The molecule has 0 atom stereocenters. The van der Waals surface area contributed by atoms with E-state index in [-0.39, 0.29) is 10.7 Å². The van der Waals surface area contributed by atoms with Crippen LogP contribution in [0.5, 0.6) is 0 Å². The van der Waals surface area contributed by atoms with E-state index in [0.29, 0.717) is 5.56 Å². The number of nitrogens with zero attached hydrogens (tertiary/aromatic N) is 1. The van der Waals surface area contributed by atoms with E-state index in [0.717, 1.165) is 6.26 Å². The number of aromatic carboxylic acids is 1. The molecule has 0 heterocycles. The molecule has 0 aliphatic rings. The Morgan fingerprint density at radius 3 is 2.18 bits per heavy atom. The first-order valence-electron chi connectivity index (χ1n) is 4.25. The van der Waals surface area contributed by atoms with Crippen molar-refractivity contribution in [3.05, 3.63) is 35.4 Å². The first kappa shape index (κ1) is 13.5. The van der Waals surface area contributed by atoms with Crippen LogP contribution in [0, 0.1) is 0 Å². The van der Waals surface area contributed by atoms with Gasteiger partial charge in [-0.25, -0.2) is 4.79 Å². The smallest absolute Gasteiger partial charge is 0.335 e. The van der Waals surface area contributed by atoms with Gasteiger partial charge in [-0.15, -0.1) is 0 Å². The summed E-state index contributed by atoms with van der Waals surface area (Å²) in [5, 5.41) is 11.7. The number of carboxylic acid groups (broad SMARTS) is 1. The van der Waals surface area contributed by atoms with E-state index in [2.05, 4.69) is 9.44 Å². The molecule has 0 aliphatic carbocycles. The molecule has 0 bridgehead atoms. The maximum atomic E-state index is 10.6. The molecule has 0 unspecified atom stereocenters. The van der Waals surface area contributed by atoms with Gasteiger partial charge >= 0.3 is 16.1 Å². The van der Waals surface area contributed by atoms with Crippen LogP contribution in [0.1, 0.15) is 15.9 Å². The fourth-order valence-corrected chi connectivity index (χ4v) is 1.31. The summed E-state index contributed by atoms with van der Waals surface area (Å²) in [7, 11) is -3.71. The number of benzene rings is 1. The lowest BCUT2D eigenvalue weighted by Gasteiger charge is -1.99. The third-order valence-corrected chi connectivity index (χ3v) is 2.26. The van der Waals surface area contributed by atoms with E-state index >= 15 is 0 Å². The van der Waals surface area contributed by atoms with Crippen LogP contribution < -0.4 is 0 Å². The van der Waals surface area contributed by atoms with Gasteiger partial charge in [0.1, 0.15) is 0 Å². The summed E-state index contributed by atoms with van der Waals surface area (Å²) in [5.74, 6) is -1.07. The van der Waals surface area contributed by atoms with Crippen molar-refractivity contribution in [2.75, 3.05) is 6.26 Å². The van der Waals surface area contributed by atoms with E-state index in [1.54, 1.807) is 0 Å². The zero-order chi connectivity index (χ0) is 13.1. The van der Waals surface area contributed by atoms with Gasteiger partial charge in [-0.3, -0.25) is 4.28 Å². The van der Waals surface area contributed by atoms with Crippen molar-refractivity contribution in [3.8, 4) is 0 Å². The van der Waals surface area contributed by atoms with Crippen molar-refractivity contribution >= 4 is 32.9 Å². The Hall–Kier alpha value is -1.60. The first-order valence-corrected chi connectivity index (χ1v) is 6.45. The zero-order valence-electron chi connectivity index (χ0n) is 8.62. The van der Waals surface area contributed by atoms with E-state index in [9.17, 15) is 13.2 Å². The Morgan fingerprint density at radius 2 is 1.76 bits per heavy atom. The number of hydrogen-bond donors (Lipinski definition) is 1. The highest BCUT2D eigenvalue weighted by atomic mass is 35.5. The molecule has 1 rings (SSSR count). The van der Waals surface area contributed by atoms with Crippen LogP contribution in [-0.2, 0) is 14.4 Å². The number of halogens is 1. The van der Waals surface area contributed by atoms with Gasteiger partial charge in [0.05, 0.1) is 11.8 Å². The zero-order valence-corrected chi connectivity index (χ0v) is 10.2. The second-order valence-corrected chi connectivity index (χ2v) is 4.96. The number of carbonyl (C=O) groups is 1. The van der Waals surface area contributed by atoms with Crippen LogP contribution in [0.4, 0.5) is 0 Å². The number of carboxylic acids is 1. The normalized spacial score (nSPS) is 12.2. The molecule has 0 aromatic heterocycles. The molecule has 92 valence electrons. The maximum absolute atomic E-state index is 10.6. The molecule has 6 nitrogen and oxygen atoms in total. The summed E-state index contributed by atoms with van der Waals surface area (Å²) >= 11 is 5.66. The molecule has 0 spiro atoms. The average molecular weight is 278 g/mol. The van der Waals surface area contributed by atoms with Crippen molar-refractivity contribution in [2.45, 2.75) is 0 Å². The summed E-state index contributed by atoms with van der Waals surface area (Å²) in [6.07, 6.45) is 0.828. The van der Waals surface area contributed by atoms with Gasteiger partial charge in [-0.2, -0.15) is 8.42 Å². The Bertz CT molecular complexity index is 549. The molecule has 0 saturated carbocycles. The molecule has 8 heteroatoms. The summed E-state index contributed by atoms with van der Waals surface area (Å²) < 4.78 is 25.4. The molecule has 0 aliphatic heterocycles. The van der Waals surface area contributed by atoms with E-state index in [4.69, 9.17) is 16.7 Å². The van der Waals surface area contributed by atoms with Crippen LogP contribution in [0.3, 0.4) is 0 Å². The number of hydrogen-bond acceptors (Lipinski definition) is 5. The minimum absolute atomic E-state index is 0.0854. The van der Waals surface area contributed by atoms with Gasteiger partial charge in [0.2, 0.25) is 0 Å². The maximum Gasteiger partial charge on any atom is 0.335 e. The SMILES string of the molecule is CS(=O)(=O)ON=C(Cl)c1ccc(C(=O)O)cc1. The molecule has 1 N–H and O–H groups in total. The predicted molar refractivity (Wildman–Crippen MR) is 61.7 cm³/mol. The molecule has 0 fully saturated rings. The minimum atomic E-state index is -3.71. The van der Waals surface area contributed by atoms with E-state index < -0.39 is 16.1 Å². The lowest BCUT2D eigenvalue weighted by Crippen LogP contribution is -2.01. The highest BCUT2D eigenvalue weighted by Crippen LogP contribution is 2.09. The third-order valence-electron chi connectivity index (χ3n) is 1.62. The lowest BCUT2D eigenvalue weighted by molar-refractivity contribution is 0.0697. The van der Waals surface area contributed by atoms with Crippen molar-refractivity contribution < 1.29 is 22.6 Å². The van der Waals surface area contributed by atoms with Gasteiger partial charge in [0.15, 0.2) is 5.17 Å². The largest absolute Gasteiger partial charge is 0.478 e. The molecule has 17 heavy (non-hydrogen) atoms. The highest BCUT2D eigenvalue weighted by Gasteiger charge is 2.06. The van der Waals surface area contributed by atoms with Gasteiger partial charge in [-0.05, 0) is 12.1 Å². The summed E-state index contributed by atoms with van der Waals surface area (Å²) in [6.45, 7) is 0.